The average Bonchev–Trinajstić information content (AvgIpc) is 2.49. The van der Waals surface area contributed by atoms with Gasteiger partial charge in [0.15, 0.2) is 5.69 Å². The van der Waals surface area contributed by atoms with Gasteiger partial charge in [-0.25, -0.2) is 0 Å². The molecule has 0 aliphatic carbocycles. The molecule has 1 aromatic carbocycles. The van der Waals surface area contributed by atoms with Gasteiger partial charge in [0.2, 0.25) is 11.0 Å². The molecule has 94 valence electrons. The van der Waals surface area contributed by atoms with Crippen molar-refractivity contribution in [2.75, 3.05) is 0 Å². The Labute approximate surface area is 114 Å². The molecule has 0 atom stereocenters. The number of hydrogen-bond acceptors (Lipinski definition) is 3. The molecule has 2 rings (SSSR count). The summed E-state index contributed by atoms with van der Waals surface area (Å²) in [6.45, 7) is 1.90. The number of aryl methyl sites for hydroxylation is 2. The second-order valence-electron chi connectivity index (χ2n) is 3.89. The van der Waals surface area contributed by atoms with Gasteiger partial charge in [-0.05, 0) is 36.8 Å². The minimum atomic E-state index is -0.0925. The number of thiocarbonyl (C=S) groups is 1. The van der Waals surface area contributed by atoms with Crippen LogP contribution in [0.2, 0.25) is 5.02 Å². The van der Waals surface area contributed by atoms with Crippen LogP contribution >= 0.6 is 23.8 Å². The van der Waals surface area contributed by atoms with Crippen molar-refractivity contribution in [3.8, 4) is 5.88 Å². The Morgan fingerprint density at radius 3 is 2.78 bits per heavy atom. The Morgan fingerprint density at radius 2 is 2.17 bits per heavy atom. The number of aromatic nitrogens is 1. The molecule has 0 spiro atoms. The molecule has 2 aromatic rings. The first kappa shape index (κ1) is 12.8. The number of hydrogen-bond donors (Lipinski definition) is 2. The zero-order valence-electron chi connectivity index (χ0n) is 9.81. The fraction of sp³-hybridized carbons (Fsp3) is 0.182. The lowest BCUT2D eigenvalue weighted by atomic mass is 10.1. The maximum atomic E-state index is 10.0. The Morgan fingerprint density at radius 1 is 1.50 bits per heavy atom. The second-order valence-corrected chi connectivity index (χ2v) is 4.74. The summed E-state index contributed by atoms with van der Waals surface area (Å²) in [4.78, 5) is 0. The molecule has 0 bridgehead atoms. The van der Waals surface area contributed by atoms with E-state index in [0.29, 0.717) is 16.1 Å². The van der Waals surface area contributed by atoms with Gasteiger partial charge in [-0.1, -0.05) is 11.6 Å². The zero-order valence-corrected chi connectivity index (χ0v) is 11.4. The van der Waals surface area contributed by atoms with E-state index in [1.807, 2.05) is 13.0 Å². The number of fused-ring (bicyclic) bond motifs is 1. The van der Waals surface area contributed by atoms with Crippen LogP contribution in [0.25, 0.3) is 10.9 Å². The molecule has 0 radical (unpaired) electrons. The quantitative estimate of drug-likeness (QED) is 0.623. The van der Waals surface area contributed by atoms with Crippen LogP contribution in [0.4, 0.5) is 5.69 Å². The highest BCUT2D eigenvalue weighted by molar-refractivity contribution is 7.80. The summed E-state index contributed by atoms with van der Waals surface area (Å²) < 4.78 is 1.62. The molecule has 18 heavy (non-hydrogen) atoms. The summed E-state index contributed by atoms with van der Waals surface area (Å²) in [6, 6.07) is 3.54. The average molecular weight is 283 g/mol. The third kappa shape index (κ3) is 2.04. The van der Waals surface area contributed by atoms with Crippen LogP contribution in [0.15, 0.2) is 22.4 Å². The summed E-state index contributed by atoms with van der Waals surface area (Å²) in [5.74, 6) is -0.00429. The Bertz CT molecular complexity index is 677. The maximum Gasteiger partial charge on any atom is 0.220 e. The number of benzene rings is 1. The summed E-state index contributed by atoms with van der Waals surface area (Å²) >= 11 is 10.6. The molecule has 1 heterocycles. The molecule has 0 fully saturated rings. The van der Waals surface area contributed by atoms with Gasteiger partial charge in [0, 0.05) is 17.5 Å². The van der Waals surface area contributed by atoms with E-state index in [4.69, 9.17) is 17.3 Å². The molecule has 3 N–H and O–H groups in total. The Hall–Kier alpha value is -1.66. The largest absolute Gasteiger partial charge is 0.493 e. The third-order valence-corrected chi connectivity index (χ3v) is 2.93. The maximum absolute atomic E-state index is 10.0. The van der Waals surface area contributed by atoms with E-state index in [0.717, 1.165) is 11.1 Å². The van der Waals surface area contributed by atoms with E-state index < -0.39 is 0 Å². The second kappa shape index (κ2) is 4.55. The number of azo groups is 1. The molecular weight excluding hydrogens is 272 g/mol. The summed E-state index contributed by atoms with van der Waals surface area (Å²) in [6.07, 6.45) is 0. The molecular formula is C11H11ClN4OS. The number of halogens is 1. The van der Waals surface area contributed by atoms with E-state index in [1.54, 1.807) is 17.7 Å². The van der Waals surface area contributed by atoms with E-state index in [2.05, 4.69) is 22.4 Å². The summed E-state index contributed by atoms with van der Waals surface area (Å²) in [5.41, 5.74) is 7.35. The van der Waals surface area contributed by atoms with Crippen LogP contribution < -0.4 is 5.73 Å². The van der Waals surface area contributed by atoms with Crippen LogP contribution in [0.3, 0.4) is 0 Å². The summed E-state index contributed by atoms with van der Waals surface area (Å²) in [5, 5.41) is 18.7. The first-order valence-corrected chi connectivity index (χ1v) is 5.89. The van der Waals surface area contributed by atoms with Gasteiger partial charge in [-0.15, -0.1) is 10.2 Å². The predicted octanol–water partition coefficient (Wildman–Crippen LogP) is 3.17. The molecule has 0 saturated carbocycles. The Balaban J connectivity index is 2.81. The number of aromatic hydroxyl groups is 1. The highest BCUT2D eigenvalue weighted by Crippen LogP contribution is 2.40. The minimum absolute atomic E-state index is 0.00429. The standard InChI is InChI=1S/C11H11ClN4OS/c1-5-3-6(12)4-7-8(14-15-11(13)18)10(17)16(2)9(5)7/h3-4,17H,1-2H3,(H2,13,18). The van der Waals surface area contributed by atoms with Crippen molar-refractivity contribution in [3.63, 3.8) is 0 Å². The van der Waals surface area contributed by atoms with Crippen LogP contribution in [-0.4, -0.2) is 14.8 Å². The fourth-order valence-electron chi connectivity index (χ4n) is 1.94. The number of nitrogens with two attached hydrogens (primary N) is 1. The molecule has 0 unspecified atom stereocenters. The fourth-order valence-corrected chi connectivity index (χ4v) is 2.26. The predicted molar refractivity (Wildman–Crippen MR) is 75.6 cm³/mol. The molecule has 0 saturated heterocycles. The van der Waals surface area contributed by atoms with Gasteiger partial charge >= 0.3 is 0 Å². The van der Waals surface area contributed by atoms with Crippen LogP contribution in [-0.2, 0) is 7.05 Å². The summed E-state index contributed by atoms with van der Waals surface area (Å²) in [7, 11) is 1.73. The monoisotopic (exact) mass is 282 g/mol. The van der Waals surface area contributed by atoms with Crippen LogP contribution in [0.1, 0.15) is 5.56 Å². The van der Waals surface area contributed by atoms with E-state index in [1.165, 1.54) is 0 Å². The lowest BCUT2D eigenvalue weighted by Crippen LogP contribution is -2.01. The zero-order chi connectivity index (χ0) is 13.4. The van der Waals surface area contributed by atoms with Gasteiger partial charge in [0.1, 0.15) is 0 Å². The van der Waals surface area contributed by atoms with Crippen molar-refractivity contribution in [1.29, 1.82) is 0 Å². The van der Waals surface area contributed by atoms with Gasteiger partial charge in [-0.3, -0.25) is 0 Å². The minimum Gasteiger partial charge on any atom is -0.493 e. The first-order chi connectivity index (χ1) is 8.41. The van der Waals surface area contributed by atoms with Crippen molar-refractivity contribution >= 4 is 45.5 Å². The van der Waals surface area contributed by atoms with E-state index in [9.17, 15) is 5.11 Å². The van der Waals surface area contributed by atoms with Crippen molar-refractivity contribution in [2.24, 2.45) is 23.0 Å². The molecule has 0 amide bonds. The molecule has 1 aromatic heterocycles. The first-order valence-electron chi connectivity index (χ1n) is 5.10. The highest BCUT2D eigenvalue weighted by Gasteiger charge is 2.16. The Kier molecular flexibility index (Phi) is 3.23. The van der Waals surface area contributed by atoms with Gasteiger partial charge in [0.25, 0.3) is 0 Å². The van der Waals surface area contributed by atoms with Gasteiger partial charge in [0.05, 0.1) is 5.52 Å². The highest BCUT2D eigenvalue weighted by atomic mass is 35.5. The normalized spacial score (nSPS) is 11.5. The molecule has 5 nitrogen and oxygen atoms in total. The van der Waals surface area contributed by atoms with E-state index >= 15 is 0 Å². The third-order valence-electron chi connectivity index (χ3n) is 2.63. The lowest BCUT2D eigenvalue weighted by molar-refractivity contribution is 0.436. The van der Waals surface area contributed by atoms with Crippen LogP contribution in [0, 0.1) is 6.92 Å². The topological polar surface area (TPSA) is 75.9 Å². The molecule has 7 heteroatoms. The number of nitrogens with zero attached hydrogens (tertiary/aromatic N) is 3. The van der Waals surface area contributed by atoms with Crippen molar-refractivity contribution in [2.45, 2.75) is 6.92 Å². The molecule has 0 aliphatic heterocycles. The van der Waals surface area contributed by atoms with Gasteiger partial charge in [-0.2, -0.15) is 0 Å². The smallest absolute Gasteiger partial charge is 0.220 e. The van der Waals surface area contributed by atoms with Gasteiger partial charge < -0.3 is 15.4 Å². The van der Waals surface area contributed by atoms with Crippen molar-refractivity contribution in [1.82, 2.24) is 4.57 Å². The van der Waals surface area contributed by atoms with E-state index in [-0.39, 0.29) is 11.0 Å². The number of rotatable bonds is 1. The van der Waals surface area contributed by atoms with Crippen LogP contribution in [0.5, 0.6) is 5.88 Å². The van der Waals surface area contributed by atoms with Crippen molar-refractivity contribution in [3.05, 3.63) is 22.7 Å². The molecule has 0 aliphatic rings. The SMILES string of the molecule is Cc1cc(Cl)cc2c(N=NC(N)=S)c(O)n(C)c12. The lowest BCUT2D eigenvalue weighted by Gasteiger charge is -2.01. The van der Waals surface area contributed by atoms with Crippen molar-refractivity contribution < 1.29 is 5.11 Å².